The molecule has 5 nitrogen and oxygen atoms in total. The Hall–Kier alpha value is -1.75. The van der Waals surface area contributed by atoms with Crippen molar-refractivity contribution in [3.63, 3.8) is 0 Å². The van der Waals surface area contributed by atoms with E-state index in [0.29, 0.717) is 19.6 Å². The molecule has 1 atom stereocenters. The third-order valence-corrected chi connectivity index (χ3v) is 3.35. The number of carboxylic acid groups (broad SMARTS) is 1. The molecule has 1 aliphatic carbocycles. The molecule has 1 aromatic rings. The van der Waals surface area contributed by atoms with Gasteiger partial charge >= 0.3 is 5.97 Å². The Morgan fingerprint density at radius 3 is 2.90 bits per heavy atom. The predicted molar refractivity (Wildman–Crippen MR) is 75.4 cm³/mol. The van der Waals surface area contributed by atoms with Gasteiger partial charge in [-0.15, -0.1) is 0 Å². The first kappa shape index (κ1) is 14.7. The molecular weight excluding hydrogens is 258 g/mol. The van der Waals surface area contributed by atoms with Crippen LogP contribution in [0.2, 0.25) is 0 Å². The second-order valence-electron chi connectivity index (χ2n) is 4.98. The summed E-state index contributed by atoms with van der Waals surface area (Å²) in [6.45, 7) is 2.86. The molecule has 0 radical (unpaired) electrons. The van der Waals surface area contributed by atoms with Crippen LogP contribution in [0.15, 0.2) is 12.1 Å². The molecule has 0 amide bonds. The van der Waals surface area contributed by atoms with Gasteiger partial charge in [-0.3, -0.25) is 4.79 Å². The van der Waals surface area contributed by atoms with Gasteiger partial charge in [0.1, 0.15) is 0 Å². The number of carbonyl (C=O) groups is 1. The van der Waals surface area contributed by atoms with Crippen LogP contribution in [0.5, 0.6) is 11.5 Å². The Balaban J connectivity index is 2.11. The molecule has 0 saturated heterocycles. The van der Waals surface area contributed by atoms with Crippen molar-refractivity contribution >= 4 is 5.97 Å². The molecule has 0 aliphatic heterocycles. The molecule has 0 saturated carbocycles. The molecular formula is C15H21NO4. The number of carboxylic acids is 1. The minimum atomic E-state index is -0.807. The largest absolute Gasteiger partial charge is 0.490 e. The van der Waals surface area contributed by atoms with Crippen molar-refractivity contribution in [2.45, 2.75) is 38.6 Å². The third kappa shape index (κ3) is 3.42. The highest BCUT2D eigenvalue weighted by Crippen LogP contribution is 2.38. The number of fused-ring (bicyclic) bond motifs is 1. The van der Waals surface area contributed by atoms with Crippen LogP contribution in [0.25, 0.3) is 0 Å². The van der Waals surface area contributed by atoms with E-state index in [4.69, 9.17) is 20.3 Å². The van der Waals surface area contributed by atoms with Crippen LogP contribution in [0.1, 0.15) is 30.9 Å². The van der Waals surface area contributed by atoms with Gasteiger partial charge < -0.3 is 20.3 Å². The second-order valence-corrected chi connectivity index (χ2v) is 4.98. The third-order valence-electron chi connectivity index (χ3n) is 3.35. The number of hydrogen-bond donors (Lipinski definition) is 2. The van der Waals surface area contributed by atoms with E-state index in [1.165, 1.54) is 5.56 Å². The first-order valence-electron chi connectivity index (χ1n) is 6.99. The van der Waals surface area contributed by atoms with Crippen LogP contribution in [-0.2, 0) is 17.6 Å². The van der Waals surface area contributed by atoms with E-state index in [9.17, 15) is 4.79 Å². The van der Waals surface area contributed by atoms with E-state index in [-0.39, 0.29) is 12.5 Å². The number of ether oxygens (including phenoxy) is 2. The quantitative estimate of drug-likeness (QED) is 0.743. The Labute approximate surface area is 118 Å². The molecule has 1 aliphatic rings. The molecule has 5 heteroatoms. The van der Waals surface area contributed by atoms with Crippen LogP contribution in [0.3, 0.4) is 0 Å². The van der Waals surface area contributed by atoms with Gasteiger partial charge in [0.2, 0.25) is 0 Å². The molecule has 0 heterocycles. The lowest BCUT2D eigenvalue weighted by Gasteiger charge is -2.15. The summed E-state index contributed by atoms with van der Waals surface area (Å²) in [7, 11) is 0. The van der Waals surface area contributed by atoms with Crippen LogP contribution >= 0.6 is 0 Å². The van der Waals surface area contributed by atoms with Gasteiger partial charge in [-0.2, -0.15) is 0 Å². The number of hydrogen-bond acceptors (Lipinski definition) is 4. The zero-order valence-electron chi connectivity index (χ0n) is 11.7. The highest BCUT2D eigenvalue weighted by Gasteiger charge is 2.24. The van der Waals surface area contributed by atoms with Gasteiger partial charge in [0.25, 0.3) is 0 Å². The summed E-state index contributed by atoms with van der Waals surface area (Å²) in [4.78, 5) is 10.5. The maximum atomic E-state index is 10.5. The summed E-state index contributed by atoms with van der Waals surface area (Å²) in [6.07, 6.45) is 2.23. The van der Waals surface area contributed by atoms with Crippen molar-refractivity contribution in [1.29, 1.82) is 0 Å². The minimum absolute atomic E-state index is 0.110. The monoisotopic (exact) mass is 279 g/mol. The zero-order chi connectivity index (χ0) is 14.5. The van der Waals surface area contributed by atoms with Crippen LogP contribution < -0.4 is 15.2 Å². The van der Waals surface area contributed by atoms with E-state index in [1.54, 1.807) is 0 Å². The smallest absolute Gasteiger partial charge is 0.303 e. The van der Waals surface area contributed by atoms with E-state index in [2.05, 4.69) is 0 Å². The first-order valence-corrected chi connectivity index (χ1v) is 6.99. The van der Waals surface area contributed by atoms with Crippen molar-refractivity contribution in [2.24, 2.45) is 5.73 Å². The average Bonchev–Trinajstić information content (AvgIpc) is 2.77. The van der Waals surface area contributed by atoms with E-state index >= 15 is 0 Å². The van der Waals surface area contributed by atoms with Crippen molar-refractivity contribution in [3.8, 4) is 11.5 Å². The molecule has 1 aromatic carbocycles. The predicted octanol–water partition coefficient (Wildman–Crippen LogP) is 1.75. The van der Waals surface area contributed by atoms with Gasteiger partial charge in [0.05, 0.1) is 13.2 Å². The fourth-order valence-electron chi connectivity index (χ4n) is 2.50. The van der Waals surface area contributed by atoms with E-state index in [0.717, 1.165) is 29.9 Å². The maximum absolute atomic E-state index is 10.5. The summed E-state index contributed by atoms with van der Waals surface area (Å²) in [5.41, 5.74) is 8.31. The number of nitrogens with two attached hydrogens (primary N) is 1. The second kappa shape index (κ2) is 6.61. The Kier molecular flexibility index (Phi) is 4.84. The Bertz CT molecular complexity index is 487. The van der Waals surface area contributed by atoms with Gasteiger partial charge in [0.15, 0.2) is 11.5 Å². The van der Waals surface area contributed by atoms with E-state index < -0.39 is 5.97 Å². The lowest BCUT2D eigenvalue weighted by molar-refractivity contribution is -0.137. The number of rotatable bonds is 7. The lowest BCUT2D eigenvalue weighted by atomic mass is 10.1. The van der Waals surface area contributed by atoms with Crippen molar-refractivity contribution in [1.82, 2.24) is 0 Å². The van der Waals surface area contributed by atoms with Crippen LogP contribution in [0, 0.1) is 0 Å². The van der Waals surface area contributed by atoms with Gasteiger partial charge in [-0.25, -0.2) is 0 Å². The summed E-state index contributed by atoms with van der Waals surface area (Å²) in [5.74, 6) is 0.650. The number of aliphatic carboxylic acids is 1. The fraction of sp³-hybridized carbons (Fsp3) is 0.533. The highest BCUT2D eigenvalue weighted by atomic mass is 16.5. The molecule has 110 valence electrons. The summed E-state index contributed by atoms with van der Waals surface area (Å²) in [5, 5.41) is 8.64. The van der Waals surface area contributed by atoms with Gasteiger partial charge in [0, 0.05) is 18.0 Å². The molecule has 0 bridgehead atoms. The summed E-state index contributed by atoms with van der Waals surface area (Å²) in [6, 6.07) is 4.08. The average molecular weight is 279 g/mol. The highest BCUT2D eigenvalue weighted by molar-refractivity contribution is 5.66. The Morgan fingerprint density at radius 1 is 1.40 bits per heavy atom. The summed E-state index contributed by atoms with van der Waals surface area (Å²) >= 11 is 0. The molecule has 0 fully saturated rings. The fourth-order valence-corrected chi connectivity index (χ4v) is 2.50. The van der Waals surface area contributed by atoms with Crippen molar-refractivity contribution < 1.29 is 19.4 Å². The zero-order valence-corrected chi connectivity index (χ0v) is 11.7. The normalized spacial score (nSPS) is 16.8. The molecule has 2 rings (SSSR count). The summed E-state index contributed by atoms with van der Waals surface area (Å²) < 4.78 is 11.4. The number of benzene rings is 1. The van der Waals surface area contributed by atoms with Crippen molar-refractivity contribution in [2.75, 3.05) is 13.2 Å². The molecule has 3 N–H and O–H groups in total. The standard InChI is InChI=1S/C15H21NO4/c1-2-19-13-6-5-10-8-11(16)9-12(10)15(13)20-7-3-4-14(17)18/h5-6,11H,2-4,7-9,16H2,1H3,(H,17,18). The minimum Gasteiger partial charge on any atom is -0.490 e. The van der Waals surface area contributed by atoms with Crippen molar-refractivity contribution in [3.05, 3.63) is 23.3 Å². The van der Waals surface area contributed by atoms with E-state index in [1.807, 2.05) is 19.1 Å². The lowest BCUT2D eigenvalue weighted by Crippen LogP contribution is -2.19. The molecule has 0 spiro atoms. The van der Waals surface area contributed by atoms with Gasteiger partial charge in [-0.1, -0.05) is 6.07 Å². The topological polar surface area (TPSA) is 81.8 Å². The first-order chi connectivity index (χ1) is 9.61. The molecule has 20 heavy (non-hydrogen) atoms. The molecule has 1 unspecified atom stereocenters. The van der Waals surface area contributed by atoms with Gasteiger partial charge in [-0.05, 0) is 37.8 Å². The van der Waals surface area contributed by atoms with Crippen LogP contribution in [-0.4, -0.2) is 30.3 Å². The van der Waals surface area contributed by atoms with Crippen LogP contribution in [0.4, 0.5) is 0 Å². The SMILES string of the molecule is CCOc1ccc2c(c1OCCCC(=O)O)CC(N)C2. The Morgan fingerprint density at radius 2 is 2.20 bits per heavy atom. The maximum Gasteiger partial charge on any atom is 0.303 e. The molecule has 0 aromatic heterocycles.